The summed E-state index contributed by atoms with van der Waals surface area (Å²) in [6.07, 6.45) is 3.03. The first-order valence-corrected chi connectivity index (χ1v) is 7.74. The molecule has 20 heavy (non-hydrogen) atoms. The number of morpholine rings is 1. The lowest BCUT2D eigenvalue weighted by atomic mass is 9.81. The Kier molecular flexibility index (Phi) is 4.18. The van der Waals surface area contributed by atoms with Crippen molar-refractivity contribution in [1.82, 2.24) is 4.90 Å². The minimum absolute atomic E-state index is 0.174. The van der Waals surface area contributed by atoms with Crippen molar-refractivity contribution in [2.24, 2.45) is 5.92 Å². The van der Waals surface area contributed by atoms with E-state index >= 15 is 0 Å². The Morgan fingerprint density at radius 2 is 2.10 bits per heavy atom. The maximum Gasteiger partial charge on any atom is 0.167 e. The zero-order valence-corrected chi connectivity index (χ0v) is 12.2. The summed E-state index contributed by atoms with van der Waals surface area (Å²) in [6.45, 7) is 6.57. The molecule has 3 heteroatoms. The van der Waals surface area contributed by atoms with E-state index in [4.69, 9.17) is 4.74 Å². The number of carbonyl (C=O) groups is 1. The third-order valence-electron chi connectivity index (χ3n) is 4.56. The Morgan fingerprint density at radius 1 is 1.30 bits per heavy atom. The van der Waals surface area contributed by atoms with Crippen molar-refractivity contribution in [1.29, 1.82) is 0 Å². The van der Waals surface area contributed by atoms with E-state index in [2.05, 4.69) is 30.0 Å². The molecule has 1 aliphatic heterocycles. The quantitative estimate of drug-likeness (QED) is 0.846. The van der Waals surface area contributed by atoms with Crippen molar-refractivity contribution in [3.05, 3.63) is 34.9 Å². The van der Waals surface area contributed by atoms with Gasteiger partial charge in [0.1, 0.15) is 0 Å². The maximum atomic E-state index is 12.7. The minimum Gasteiger partial charge on any atom is -0.379 e. The zero-order chi connectivity index (χ0) is 13.9. The first-order valence-electron chi connectivity index (χ1n) is 7.74. The molecule has 0 radical (unpaired) electrons. The van der Waals surface area contributed by atoms with E-state index in [-0.39, 0.29) is 5.92 Å². The van der Waals surface area contributed by atoms with Crippen molar-refractivity contribution < 1.29 is 9.53 Å². The van der Waals surface area contributed by atoms with Gasteiger partial charge in [-0.05, 0) is 36.5 Å². The van der Waals surface area contributed by atoms with Crippen LogP contribution in [0.25, 0.3) is 0 Å². The fourth-order valence-corrected chi connectivity index (χ4v) is 3.24. The average molecular weight is 273 g/mol. The standard InChI is InChI=1S/C17H23NO2/c1-2-13-3-4-14-5-6-15(17(19)16(14)11-13)12-18-7-9-20-10-8-18/h3-4,11,15H,2,5-10,12H2,1H3. The highest BCUT2D eigenvalue weighted by molar-refractivity contribution is 6.00. The first kappa shape index (κ1) is 13.8. The van der Waals surface area contributed by atoms with Gasteiger partial charge in [-0.3, -0.25) is 9.69 Å². The number of aryl methyl sites for hydroxylation is 2. The summed E-state index contributed by atoms with van der Waals surface area (Å²) in [7, 11) is 0. The van der Waals surface area contributed by atoms with Crippen molar-refractivity contribution in [2.45, 2.75) is 26.2 Å². The monoisotopic (exact) mass is 273 g/mol. The smallest absolute Gasteiger partial charge is 0.167 e. The van der Waals surface area contributed by atoms with Crippen LogP contribution in [-0.4, -0.2) is 43.5 Å². The van der Waals surface area contributed by atoms with E-state index in [1.54, 1.807) is 0 Å². The normalized spacial score (nSPS) is 23.6. The van der Waals surface area contributed by atoms with Crippen molar-refractivity contribution in [3.63, 3.8) is 0 Å². The summed E-state index contributed by atoms with van der Waals surface area (Å²) in [6, 6.07) is 6.43. The molecule has 1 aromatic carbocycles. The molecular weight excluding hydrogens is 250 g/mol. The molecule has 0 amide bonds. The van der Waals surface area contributed by atoms with Crippen LogP contribution in [0.5, 0.6) is 0 Å². The van der Waals surface area contributed by atoms with Crippen molar-refractivity contribution in [2.75, 3.05) is 32.8 Å². The minimum atomic E-state index is 0.174. The highest BCUT2D eigenvalue weighted by Gasteiger charge is 2.29. The average Bonchev–Trinajstić information content (AvgIpc) is 2.51. The molecule has 3 rings (SSSR count). The summed E-state index contributed by atoms with van der Waals surface area (Å²) in [4.78, 5) is 15.1. The number of benzene rings is 1. The molecule has 0 aromatic heterocycles. The van der Waals surface area contributed by atoms with Crippen molar-refractivity contribution in [3.8, 4) is 0 Å². The maximum absolute atomic E-state index is 12.7. The van der Waals surface area contributed by atoms with E-state index in [0.717, 1.165) is 57.7 Å². The van der Waals surface area contributed by atoms with Gasteiger partial charge in [0.2, 0.25) is 0 Å². The molecule has 2 aliphatic rings. The first-order chi connectivity index (χ1) is 9.78. The van der Waals surface area contributed by atoms with Gasteiger partial charge in [-0.2, -0.15) is 0 Å². The molecule has 0 saturated carbocycles. The predicted octanol–water partition coefficient (Wildman–Crippen LogP) is 2.33. The molecule has 0 bridgehead atoms. The third kappa shape index (κ3) is 2.79. The molecule has 1 atom stereocenters. The van der Waals surface area contributed by atoms with Crippen LogP contribution >= 0.6 is 0 Å². The molecule has 0 spiro atoms. The number of Topliss-reactive ketones (excluding diaryl/α,β-unsaturated/α-hetero) is 1. The third-order valence-corrected chi connectivity index (χ3v) is 4.56. The van der Waals surface area contributed by atoms with Crippen LogP contribution in [-0.2, 0) is 17.6 Å². The number of ether oxygens (including phenoxy) is 1. The van der Waals surface area contributed by atoms with Gasteiger partial charge in [-0.1, -0.05) is 19.1 Å². The second kappa shape index (κ2) is 6.06. The van der Waals surface area contributed by atoms with Crippen LogP contribution in [0.1, 0.15) is 34.8 Å². The van der Waals surface area contributed by atoms with Crippen LogP contribution in [0.4, 0.5) is 0 Å². The van der Waals surface area contributed by atoms with Gasteiger partial charge in [0.15, 0.2) is 5.78 Å². The molecule has 1 heterocycles. The van der Waals surface area contributed by atoms with E-state index in [0.29, 0.717) is 5.78 Å². The Hall–Kier alpha value is -1.19. The number of carbonyl (C=O) groups excluding carboxylic acids is 1. The van der Waals surface area contributed by atoms with Gasteiger partial charge in [0.05, 0.1) is 13.2 Å². The van der Waals surface area contributed by atoms with Crippen LogP contribution < -0.4 is 0 Å². The molecule has 1 saturated heterocycles. The fraction of sp³-hybridized carbons (Fsp3) is 0.588. The van der Waals surface area contributed by atoms with E-state index in [1.807, 2.05) is 0 Å². The lowest BCUT2D eigenvalue weighted by Crippen LogP contribution is -2.42. The number of hydrogen-bond acceptors (Lipinski definition) is 3. The number of nitrogens with zero attached hydrogens (tertiary/aromatic N) is 1. The van der Waals surface area contributed by atoms with Crippen LogP contribution in [0.3, 0.4) is 0 Å². The number of ketones is 1. The van der Waals surface area contributed by atoms with Gasteiger partial charge in [0.25, 0.3) is 0 Å². The largest absolute Gasteiger partial charge is 0.379 e. The molecule has 1 aliphatic carbocycles. The van der Waals surface area contributed by atoms with Crippen LogP contribution in [0.2, 0.25) is 0 Å². The molecule has 1 aromatic rings. The highest BCUT2D eigenvalue weighted by Crippen LogP contribution is 2.27. The summed E-state index contributed by atoms with van der Waals surface area (Å²) < 4.78 is 5.38. The second-order valence-corrected chi connectivity index (χ2v) is 5.86. The molecule has 108 valence electrons. The van der Waals surface area contributed by atoms with Crippen LogP contribution in [0, 0.1) is 5.92 Å². The summed E-state index contributed by atoms with van der Waals surface area (Å²) in [5.74, 6) is 0.528. The Morgan fingerprint density at radius 3 is 2.85 bits per heavy atom. The van der Waals surface area contributed by atoms with Gasteiger partial charge in [-0.15, -0.1) is 0 Å². The van der Waals surface area contributed by atoms with E-state index in [1.165, 1.54) is 11.1 Å². The molecule has 1 unspecified atom stereocenters. The zero-order valence-electron chi connectivity index (χ0n) is 12.2. The topological polar surface area (TPSA) is 29.5 Å². The van der Waals surface area contributed by atoms with Gasteiger partial charge in [-0.25, -0.2) is 0 Å². The van der Waals surface area contributed by atoms with Gasteiger partial charge < -0.3 is 4.74 Å². The predicted molar refractivity (Wildman–Crippen MR) is 79.2 cm³/mol. The molecule has 0 N–H and O–H groups in total. The number of rotatable bonds is 3. The Bertz CT molecular complexity index is 492. The molecular formula is C17H23NO2. The fourth-order valence-electron chi connectivity index (χ4n) is 3.24. The van der Waals surface area contributed by atoms with Crippen LogP contribution in [0.15, 0.2) is 18.2 Å². The summed E-state index contributed by atoms with van der Waals surface area (Å²) in [5, 5.41) is 0. The molecule has 1 fully saturated rings. The SMILES string of the molecule is CCc1ccc2c(c1)C(=O)C(CN1CCOCC1)CC2. The lowest BCUT2D eigenvalue weighted by molar-refractivity contribution is 0.0291. The summed E-state index contributed by atoms with van der Waals surface area (Å²) >= 11 is 0. The van der Waals surface area contributed by atoms with Crippen molar-refractivity contribution >= 4 is 5.78 Å². The molecule has 3 nitrogen and oxygen atoms in total. The van der Waals surface area contributed by atoms with E-state index in [9.17, 15) is 4.79 Å². The van der Waals surface area contributed by atoms with Gasteiger partial charge in [0, 0.05) is 31.1 Å². The summed E-state index contributed by atoms with van der Waals surface area (Å²) in [5.41, 5.74) is 3.49. The Balaban J connectivity index is 1.74. The van der Waals surface area contributed by atoms with Gasteiger partial charge >= 0.3 is 0 Å². The van der Waals surface area contributed by atoms with E-state index < -0.39 is 0 Å². The second-order valence-electron chi connectivity index (χ2n) is 5.86. The number of hydrogen-bond donors (Lipinski definition) is 0. The number of fused-ring (bicyclic) bond motifs is 1. The highest BCUT2D eigenvalue weighted by atomic mass is 16.5. The Labute approximate surface area is 120 Å². The lowest BCUT2D eigenvalue weighted by Gasteiger charge is -2.32.